The Kier molecular flexibility index (Phi) is 4.64. The van der Waals surface area contributed by atoms with Gasteiger partial charge in [0.2, 0.25) is 0 Å². The number of rotatable bonds is 5. The van der Waals surface area contributed by atoms with Crippen molar-refractivity contribution in [2.45, 2.75) is 24.3 Å². The average molecular weight is 397 g/mol. The number of nitrogens with one attached hydrogen (secondary N) is 1. The summed E-state index contributed by atoms with van der Waals surface area (Å²) < 4.78 is 34.5. The van der Waals surface area contributed by atoms with Crippen molar-refractivity contribution in [2.24, 2.45) is 0 Å². The lowest BCUT2D eigenvalue weighted by atomic mass is 10.1. The molecular formula is C20H19N3O4S. The number of hydrogen-bond acceptors (Lipinski definition) is 5. The van der Waals surface area contributed by atoms with Crippen LogP contribution in [0.15, 0.2) is 59.6 Å². The number of nitrogens with zero attached hydrogens (tertiary/aromatic N) is 2. The summed E-state index contributed by atoms with van der Waals surface area (Å²) in [6.45, 7) is 0.959. The van der Waals surface area contributed by atoms with E-state index in [9.17, 15) is 13.2 Å². The zero-order valence-corrected chi connectivity index (χ0v) is 16.1. The number of fused-ring (bicyclic) bond motifs is 1. The lowest BCUT2D eigenvalue weighted by molar-refractivity contribution is 0.0600. The molecular weight excluding hydrogens is 378 g/mol. The summed E-state index contributed by atoms with van der Waals surface area (Å²) in [7, 11) is -2.48. The Labute approximate surface area is 163 Å². The second-order valence-electron chi connectivity index (χ2n) is 6.51. The van der Waals surface area contributed by atoms with Crippen LogP contribution in [0.2, 0.25) is 0 Å². The molecule has 0 atom stereocenters. The maximum absolute atomic E-state index is 12.6. The molecule has 1 aliphatic rings. The van der Waals surface area contributed by atoms with E-state index in [1.807, 2.05) is 18.3 Å². The van der Waals surface area contributed by atoms with Crippen LogP contribution in [-0.2, 0) is 27.7 Å². The molecule has 0 radical (unpaired) electrons. The lowest BCUT2D eigenvalue weighted by Gasteiger charge is -2.10. The van der Waals surface area contributed by atoms with Crippen molar-refractivity contribution in [2.75, 3.05) is 11.8 Å². The van der Waals surface area contributed by atoms with Crippen LogP contribution < -0.4 is 4.72 Å². The van der Waals surface area contributed by atoms with Gasteiger partial charge in [-0.3, -0.25) is 4.72 Å². The molecule has 0 fully saturated rings. The van der Waals surface area contributed by atoms with Gasteiger partial charge in [-0.1, -0.05) is 12.1 Å². The largest absolute Gasteiger partial charge is 0.465 e. The first-order valence-corrected chi connectivity index (χ1v) is 10.3. The highest BCUT2D eigenvalue weighted by molar-refractivity contribution is 7.92. The van der Waals surface area contributed by atoms with Crippen LogP contribution in [0, 0.1) is 0 Å². The quantitative estimate of drug-likeness (QED) is 0.668. The zero-order chi connectivity index (χ0) is 19.7. The molecule has 2 aromatic carbocycles. The predicted molar refractivity (Wildman–Crippen MR) is 105 cm³/mol. The van der Waals surface area contributed by atoms with Crippen molar-refractivity contribution in [3.63, 3.8) is 0 Å². The molecule has 0 saturated heterocycles. The summed E-state index contributed by atoms with van der Waals surface area (Å²) in [6.07, 6.45) is 3.95. The van der Waals surface area contributed by atoms with Gasteiger partial charge in [0.25, 0.3) is 10.0 Å². The SMILES string of the molecule is COC(=O)c1ccc(S(=O)(=O)Nc2ccc(-c3cnc4n3CCC4)cc2)cc1. The van der Waals surface area contributed by atoms with E-state index in [-0.39, 0.29) is 4.90 Å². The fourth-order valence-electron chi connectivity index (χ4n) is 3.30. The minimum absolute atomic E-state index is 0.0674. The van der Waals surface area contributed by atoms with E-state index in [4.69, 9.17) is 0 Å². The monoisotopic (exact) mass is 397 g/mol. The molecule has 0 bridgehead atoms. The van der Waals surface area contributed by atoms with Gasteiger partial charge in [-0.2, -0.15) is 0 Å². The molecule has 7 nitrogen and oxygen atoms in total. The molecule has 4 rings (SSSR count). The topological polar surface area (TPSA) is 90.3 Å². The van der Waals surface area contributed by atoms with Crippen LogP contribution in [0.1, 0.15) is 22.6 Å². The van der Waals surface area contributed by atoms with Crippen LogP contribution in [0.25, 0.3) is 11.3 Å². The van der Waals surface area contributed by atoms with Gasteiger partial charge >= 0.3 is 5.97 Å². The van der Waals surface area contributed by atoms with Gasteiger partial charge in [-0.05, 0) is 48.4 Å². The summed E-state index contributed by atoms with van der Waals surface area (Å²) in [4.78, 5) is 16.0. The predicted octanol–water partition coefficient (Wildman–Crippen LogP) is 3.08. The Morgan fingerprint density at radius 1 is 1.11 bits per heavy atom. The second-order valence-corrected chi connectivity index (χ2v) is 8.20. The molecule has 0 unspecified atom stereocenters. The number of esters is 1. The molecule has 3 aromatic rings. The number of benzene rings is 2. The maximum Gasteiger partial charge on any atom is 0.337 e. The molecule has 8 heteroatoms. The van der Waals surface area contributed by atoms with E-state index in [0.29, 0.717) is 11.3 Å². The summed E-state index contributed by atoms with van der Waals surface area (Å²) in [6, 6.07) is 12.8. The van der Waals surface area contributed by atoms with Crippen molar-refractivity contribution < 1.29 is 17.9 Å². The standard InChI is InChI=1S/C20H19N3O4S/c1-27-20(24)15-6-10-17(11-7-15)28(25,26)22-16-8-4-14(5-9-16)18-13-21-19-3-2-12-23(18)19/h4-11,13,22H,2-3,12H2,1H3. The fraction of sp³-hybridized carbons (Fsp3) is 0.200. The van der Waals surface area contributed by atoms with Gasteiger partial charge in [0, 0.05) is 18.7 Å². The van der Waals surface area contributed by atoms with E-state index in [0.717, 1.165) is 36.5 Å². The molecule has 1 aliphatic heterocycles. The Bertz CT molecular complexity index is 1120. The van der Waals surface area contributed by atoms with Gasteiger partial charge in [-0.25, -0.2) is 18.2 Å². The molecule has 144 valence electrons. The highest BCUT2D eigenvalue weighted by atomic mass is 32.2. The van der Waals surface area contributed by atoms with Crippen LogP contribution in [0.5, 0.6) is 0 Å². The number of aryl methyl sites for hydroxylation is 1. The maximum atomic E-state index is 12.6. The Morgan fingerprint density at radius 2 is 1.82 bits per heavy atom. The highest BCUT2D eigenvalue weighted by Crippen LogP contribution is 2.27. The normalized spacial score (nSPS) is 13.2. The van der Waals surface area contributed by atoms with E-state index in [2.05, 4.69) is 19.0 Å². The zero-order valence-electron chi connectivity index (χ0n) is 15.3. The van der Waals surface area contributed by atoms with Crippen molar-refractivity contribution in [3.8, 4) is 11.3 Å². The van der Waals surface area contributed by atoms with Crippen molar-refractivity contribution >= 4 is 21.7 Å². The number of imidazole rings is 1. The van der Waals surface area contributed by atoms with Gasteiger partial charge < -0.3 is 9.30 Å². The molecule has 0 aliphatic carbocycles. The van der Waals surface area contributed by atoms with Crippen LogP contribution in [0.4, 0.5) is 5.69 Å². The van der Waals surface area contributed by atoms with E-state index in [1.54, 1.807) is 12.1 Å². The third-order valence-corrected chi connectivity index (χ3v) is 6.14. The summed E-state index contributed by atoms with van der Waals surface area (Å²) in [5, 5.41) is 0. The smallest absolute Gasteiger partial charge is 0.337 e. The summed E-state index contributed by atoms with van der Waals surface area (Å²) in [5.41, 5.74) is 2.78. The second kappa shape index (κ2) is 7.12. The number of hydrogen-bond donors (Lipinski definition) is 1. The van der Waals surface area contributed by atoms with Gasteiger partial charge in [0.15, 0.2) is 0 Å². The summed E-state index contributed by atoms with van der Waals surface area (Å²) >= 11 is 0. The molecule has 1 N–H and O–H groups in total. The number of ether oxygens (including phenoxy) is 1. The van der Waals surface area contributed by atoms with Gasteiger partial charge in [0.1, 0.15) is 5.82 Å². The van der Waals surface area contributed by atoms with Crippen LogP contribution >= 0.6 is 0 Å². The first-order chi connectivity index (χ1) is 13.5. The molecule has 0 amide bonds. The fourth-order valence-corrected chi connectivity index (χ4v) is 4.36. The first kappa shape index (κ1) is 18.2. The number of sulfonamides is 1. The third kappa shape index (κ3) is 3.38. The highest BCUT2D eigenvalue weighted by Gasteiger charge is 2.18. The number of anilines is 1. The van der Waals surface area contributed by atoms with Gasteiger partial charge in [-0.15, -0.1) is 0 Å². The number of aromatic nitrogens is 2. The number of carbonyl (C=O) groups excluding carboxylic acids is 1. The van der Waals surface area contributed by atoms with Crippen molar-refractivity contribution in [1.29, 1.82) is 0 Å². The lowest BCUT2D eigenvalue weighted by Crippen LogP contribution is -2.13. The Morgan fingerprint density at radius 3 is 2.50 bits per heavy atom. The van der Waals surface area contributed by atoms with Crippen molar-refractivity contribution in [3.05, 3.63) is 66.1 Å². The van der Waals surface area contributed by atoms with Crippen LogP contribution in [-0.4, -0.2) is 31.0 Å². The van der Waals surface area contributed by atoms with E-state index >= 15 is 0 Å². The molecule has 28 heavy (non-hydrogen) atoms. The Balaban J connectivity index is 1.52. The molecule has 1 aromatic heterocycles. The molecule has 0 spiro atoms. The average Bonchev–Trinajstić information content (AvgIpc) is 3.32. The van der Waals surface area contributed by atoms with Gasteiger partial charge in [0.05, 0.1) is 29.5 Å². The molecule has 0 saturated carbocycles. The third-order valence-electron chi connectivity index (χ3n) is 4.74. The number of methoxy groups -OCH3 is 1. The number of carbonyl (C=O) groups is 1. The minimum Gasteiger partial charge on any atom is -0.465 e. The summed E-state index contributed by atoms with van der Waals surface area (Å²) in [5.74, 6) is 0.578. The molecule has 2 heterocycles. The van der Waals surface area contributed by atoms with Crippen LogP contribution in [0.3, 0.4) is 0 Å². The minimum atomic E-state index is -3.76. The van der Waals surface area contributed by atoms with E-state index in [1.165, 1.54) is 31.4 Å². The first-order valence-electron chi connectivity index (χ1n) is 8.84. The van der Waals surface area contributed by atoms with E-state index < -0.39 is 16.0 Å². The Hall–Kier alpha value is -3.13. The van der Waals surface area contributed by atoms with Crippen molar-refractivity contribution in [1.82, 2.24) is 9.55 Å².